The Labute approximate surface area is 385 Å². The Kier molecular flexibility index (Phi) is 19.1. The van der Waals surface area contributed by atoms with Crippen molar-refractivity contribution in [3.8, 4) is 11.5 Å². The predicted octanol–water partition coefficient (Wildman–Crippen LogP) is 5.30. The summed E-state index contributed by atoms with van der Waals surface area (Å²) in [5, 5.41) is 41.7. The molecule has 0 aliphatic heterocycles. The molecule has 0 radical (unpaired) electrons. The maximum absolute atomic E-state index is 11.9. The summed E-state index contributed by atoms with van der Waals surface area (Å²) in [6.45, 7) is 2.49. The minimum atomic E-state index is -5.09. The third-order valence-electron chi connectivity index (χ3n) is 7.16. The van der Waals surface area contributed by atoms with Crippen LogP contribution in [0, 0.1) is 20.2 Å². The molecule has 0 unspecified atom stereocenters. The van der Waals surface area contributed by atoms with Crippen LogP contribution in [0.15, 0.2) is 103 Å². The van der Waals surface area contributed by atoms with Crippen LogP contribution >= 0.6 is 0 Å². The fourth-order valence-electron chi connectivity index (χ4n) is 4.51. The van der Waals surface area contributed by atoms with Gasteiger partial charge >= 0.3 is 48.9 Å². The van der Waals surface area contributed by atoms with E-state index in [1.165, 1.54) is 64.5 Å². The second kappa shape index (κ2) is 22.7. The molecule has 2 amide bonds. The Morgan fingerprint density at radius 1 is 0.574 bits per heavy atom. The normalized spacial score (nSPS) is 11.1. The summed E-state index contributed by atoms with van der Waals surface area (Å²) in [6.07, 6.45) is -0.743. The Morgan fingerprint density at radius 3 is 1.18 bits per heavy atom. The number of carbonyl (C=O) groups is 4. The zero-order valence-corrected chi connectivity index (χ0v) is 38.2. The van der Waals surface area contributed by atoms with E-state index in [0.29, 0.717) is 23.6 Å². The van der Waals surface area contributed by atoms with Gasteiger partial charge in [0.1, 0.15) is 66.1 Å². The molecule has 0 fully saturated rings. The molecule has 27 heteroatoms. The van der Waals surface area contributed by atoms with E-state index in [-0.39, 0.29) is 96.0 Å². The van der Waals surface area contributed by atoms with Crippen LogP contribution in [0.1, 0.15) is 26.7 Å². The van der Waals surface area contributed by atoms with E-state index in [1.54, 1.807) is 0 Å². The number of ether oxygens (including phenoxy) is 2. The van der Waals surface area contributed by atoms with Gasteiger partial charge in [0.2, 0.25) is 11.8 Å². The number of nitro groups is 2. The number of rotatable bonds is 16. The largest absolute Gasteiger partial charge is 2.00 e. The first kappa shape index (κ1) is 51.3. The van der Waals surface area contributed by atoms with E-state index in [4.69, 9.17) is 9.47 Å². The maximum atomic E-state index is 11.9. The summed E-state index contributed by atoms with van der Waals surface area (Å²) >= 11 is 0. The third-order valence-corrected chi connectivity index (χ3v) is 8.89. The maximum Gasteiger partial charge on any atom is 2.00 e. The molecule has 0 spiro atoms. The number of anilines is 2. The number of hydrogen-bond acceptors (Lipinski definition) is 20. The topological polar surface area (TPSA) is 361 Å². The average Bonchev–Trinajstić information content (AvgIpc) is 3.15. The summed E-state index contributed by atoms with van der Waals surface area (Å²) in [7, 11) is -7.42. The minimum Gasteiger partial charge on any atom is -0.744 e. The molecule has 0 aliphatic rings. The zero-order chi connectivity index (χ0) is 44.9. The van der Waals surface area contributed by atoms with Crippen LogP contribution in [0.5, 0.6) is 11.5 Å². The molecule has 4 aromatic carbocycles. The standard InChI is InChI=1S/2C17H16N4O8S.Ba/c2*1-10(22)7-17(23)18-13-6-4-12(29-2)9-15(13)20-19-14-5-3-11(21(24)25)8-16(14)30(26,27)28;/h2*3-6,8-9H,7H2,1-2H3,(H,18,23)(H,26,27,28);/q;;+2/p-2. The number of benzene rings is 4. The third kappa shape index (κ3) is 15.9. The Balaban J connectivity index is 0.000000413. The van der Waals surface area contributed by atoms with Crippen LogP contribution < -0.4 is 20.1 Å². The van der Waals surface area contributed by atoms with E-state index in [0.717, 1.165) is 24.3 Å². The van der Waals surface area contributed by atoms with Crippen LogP contribution in [0.2, 0.25) is 0 Å². The number of nitrogens with zero attached hydrogens (tertiary/aromatic N) is 6. The molecule has 4 aromatic rings. The molecule has 0 bridgehead atoms. The molecule has 0 heterocycles. The van der Waals surface area contributed by atoms with E-state index in [1.807, 2.05) is 0 Å². The van der Waals surface area contributed by atoms with Crippen LogP contribution in [-0.4, -0.2) is 122 Å². The zero-order valence-electron chi connectivity index (χ0n) is 32.1. The molecule has 0 aliphatic carbocycles. The van der Waals surface area contributed by atoms with Crippen molar-refractivity contribution in [2.45, 2.75) is 36.5 Å². The molecule has 0 atom stereocenters. The molecule has 24 nitrogen and oxygen atoms in total. The number of carbonyl (C=O) groups excluding carboxylic acids is 4. The summed E-state index contributed by atoms with van der Waals surface area (Å²) in [4.78, 5) is 64.0. The van der Waals surface area contributed by atoms with Crippen molar-refractivity contribution in [3.05, 3.63) is 93.0 Å². The molecule has 61 heavy (non-hydrogen) atoms. The van der Waals surface area contributed by atoms with Crippen molar-refractivity contribution in [3.63, 3.8) is 0 Å². The summed E-state index contributed by atoms with van der Waals surface area (Å²) in [5.41, 5.74) is -1.75. The molecule has 2 N–H and O–H groups in total. The fourth-order valence-corrected chi connectivity index (χ4v) is 5.77. The number of Topliss-reactive ketones (excluding diaryl/α,β-unsaturated/α-hetero) is 2. The second-order valence-corrected chi connectivity index (χ2v) is 14.4. The van der Waals surface area contributed by atoms with Crippen molar-refractivity contribution in [1.82, 2.24) is 0 Å². The minimum absolute atomic E-state index is 0. The van der Waals surface area contributed by atoms with Gasteiger partial charge in [-0.1, -0.05) is 0 Å². The van der Waals surface area contributed by atoms with E-state index in [2.05, 4.69) is 31.1 Å². The van der Waals surface area contributed by atoms with E-state index < -0.39 is 74.4 Å². The first-order valence-electron chi connectivity index (χ1n) is 16.3. The van der Waals surface area contributed by atoms with Gasteiger partial charge in [-0.2, -0.15) is 0 Å². The molecule has 0 saturated heterocycles. The van der Waals surface area contributed by atoms with Crippen molar-refractivity contribution in [1.29, 1.82) is 0 Å². The van der Waals surface area contributed by atoms with Crippen molar-refractivity contribution in [2.24, 2.45) is 20.5 Å². The molecular weight excluding hydrogens is 978 g/mol. The monoisotopic (exact) mass is 1010 g/mol. The van der Waals surface area contributed by atoms with Crippen LogP contribution in [0.3, 0.4) is 0 Å². The van der Waals surface area contributed by atoms with Gasteiger partial charge in [0, 0.05) is 36.4 Å². The number of azo groups is 2. The number of hydrogen-bond donors (Lipinski definition) is 2. The predicted molar refractivity (Wildman–Crippen MR) is 210 cm³/mol. The summed E-state index contributed by atoms with van der Waals surface area (Å²) in [6, 6.07) is 13.6. The first-order chi connectivity index (χ1) is 28.0. The van der Waals surface area contributed by atoms with Crippen molar-refractivity contribution in [2.75, 3.05) is 24.9 Å². The quantitative estimate of drug-likeness (QED) is 0.0359. The van der Waals surface area contributed by atoms with Gasteiger partial charge in [-0.05, 0) is 50.2 Å². The number of amides is 2. The Morgan fingerprint density at radius 2 is 0.902 bits per heavy atom. The molecule has 0 saturated carbocycles. The fraction of sp³-hybridized carbons (Fsp3) is 0.176. The van der Waals surface area contributed by atoms with Crippen LogP contribution in [0.25, 0.3) is 0 Å². The number of nitrogens with one attached hydrogen (secondary N) is 2. The molecular formula is C34H30BaN8O16S2. The van der Waals surface area contributed by atoms with E-state index >= 15 is 0 Å². The van der Waals surface area contributed by atoms with Crippen LogP contribution in [0.4, 0.5) is 45.5 Å². The van der Waals surface area contributed by atoms with Gasteiger partial charge in [0.05, 0.1) is 58.1 Å². The second-order valence-electron chi connectivity index (χ2n) is 11.7. The SMILES string of the molecule is COc1ccc(NC(=O)CC(C)=O)c(N=Nc2ccc([N+](=O)[O-])cc2S(=O)(=O)[O-])c1.COc1ccc(NC(=O)CC(C)=O)c(N=Nc2ccc([N+](=O)[O-])cc2S(=O)(=O)[O-])c1.[Ba+2]. The smallest absolute Gasteiger partial charge is 0.744 e. The van der Waals surface area contributed by atoms with Gasteiger partial charge < -0.3 is 29.2 Å². The van der Waals surface area contributed by atoms with Gasteiger partial charge in [-0.25, -0.2) is 16.8 Å². The van der Waals surface area contributed by atoms with Gasteiger partial charge in [0.15, 0.2) is 0 Å². The summed E-state index contributed by atoms with van der Waals surface area (Å²) in [5.74, 6) is -1.28. The average molecular weight is 1010 g/mol. The summed E-state index contributed by atoms with van der Waals surface area (Å²) < 4.78 is 78.9. The number of nitro benzene ring substituents is 2. The van der Waals surface area contributed by atoms with Gasteiger partial charge in [-0.3, -0.25) is 39.4 Å². The van der Waals surface area contributed by atoms with Gasteiger partial charge in [-0.15, -0.1) is 20.5 Å². The van der Waals surface area contributed by atoms with E-state index in [9.17, 15) is 65.3 Å². The first-order valence-corrected chi connectivity index (χ1v) is 19.1. The number of non-ortho nitro benzene ring substituents is 2. The molecule has 0 aromatic heterocycles. The number of ketones is 2. The number of methoxy groups -OCH3 is 2. The molecule has 4 rings (SSSR count). The van der Waals surface area contributed by atoms with Crippen LogP contribution in [-0.2, 0) is 39.4 Å². The van der Waals surface area contributed by atoms with Crippen molar-refractivity contribution < 1.29 is 64.4 Å². The van der Waals surface area contributed by atoms with Gasteiger partial charge in [0.25, 0.3) is 11.4 Å². The van der Waals surface area contributed by atoms with Crippen molar-refractivity contribution >= 4 is 138 Å². The molecule has 316 valence electrons. The Bertz CT molecular complexity index is 2480. The Hall–Kier alpha value is -5.85.